The summed E-state index contributed by atoms with van der Waals surface area (Å²) in [5.74, 6) is -1.38. The lowest BCUT2D eigenvalue weighted by atomic mass is 9.70. The molecule has 4 nitrogen and oxygen atoms in total. The van der Waals surface area contributed by atoms with Gasteiger partial charge in [0.25, 0.3) is 0 Å². The molecule has 0 saturated heterocycles. The highest BCUT2D eigenvalue weighted by atomic mass is 16.5. The number of carbonyl (C=O) groups excluding carboxylic acids is 2. The molecule has 2 bridgehead atoms. The fraction of sp³-hybridized carbons (Fsp3) is 0.714. The van der Waals surface area contributed by atoms with Gasteiger partial charge in [0, 0.05) is 11.5 Å². The Hall–Kier alpha value is -1.32. The number of aliphatic carboxylic acids is 1. The molecule has 0 N–H and O–H groups in total. The van der Waals surface area contributed by atoms with Gasteiger partial charge >= 0.3 is 5.97 Å². The molecule has 0 unspecified atom stereocenters. The van der Waals surface area contributed by atoms with E-state index in [1.807, 2.05) is 0 Å². The Bertz CT molecular complexity index is 410. The van der Waals surface area contributed by atoms with E-state index in [2.05, 4.69) is 20.8 Å². The Morgan fingerprint density at radius 3 is 2.39 bits per heavy atom. The maximum atomic E-state index is 11.5. The van der Waals surface area contributed by atoms with Crippen LogP contribution in [0.2, 0.25) is 0 Å². The molecule has 0 aromatic heterocycles. The number of hydrogen-bond acceptors (Lipinski definition) is 4. The van der Waals surface area contributed by atoms with Crippen LogP contribution < -0.4 is 5.11 Å². The van der Waals surface area contributed by atoms with Gasteiger partial charge in [0.05, 0.1) is 5.97 Å². The van der Waals surface area contributed by atoms with Crippen molar-refractivity contribution < 1.29 is 19.4 Å². The van der Waals surface area contributed by atoms with Crippen LogP contribution in [0.3, 0.4) is 0 Å². The highest BCUT2D eigenvalue weighted by Gasteiger charge is 2.62. The Morgan fingerprint density at radius 2 is 1.94 bits per heavy atom. The van der Waals surface area contributed by atoms with E-state index in [0.29, 0.717) is 12.0 Å². The molecule has 18 heavy (non-hydrogen) atoms. The fourth-order valence-corrected chi connectivity index (χ4v) is 3.62. The average Bonchev–Trinajstić information content (AvgIpc) is 2.59. The summed E-state index contributed by atoms with van der Waals surface area (Å²) >= 11 is 0. The predicted molar refractivity (Wildman–Crippen MR) is 63.3 cm³/mol. The molecule has 100 valence electrons. The van der Waals surface area contributed by atoms with Gasteiger partial charge in [-0.2, -0.15) is 0 Å². The first kappa shape index (κ1) is 13.1. The summed E-state index contributed by atoms with van der Waals surface area (Å²) in [6, 6.07) is 0. The monoisotopic (exact) mass is 251 g/mol. The minimum Gasteiger partial charge on any atom is -0.545 e. The predicted octanol–water partition coefficient (Wildman–Crippen LogP) is 1.05. The third-order valence-corrected chi connectivity index (χ3v) is 5.33. The Morgan fingerprint density at radius 1 is 1.28 bits per heavy atom. The third-order valence-electron chi connectivity index (χ3n) is 5.33. The maximum absolute atomic E-state index is 11.5. The first-order chi connectivity index (χ1) is 8.27. The molecule has 0 amide bonds. The summed E-state index contributed by atoms with van der Waals surface area (Å²) in [7, 11) is 0. The average molecular weight is 251 g/mol. The van der Waals surface area contributed by atoms with E-state index in [0.717, 1.165) is 18.9 Å². The number of ether oxygens (including phenoxy) is 1. The van der Waals surface area contributed by atoms with Crippen LogP contribution in [0.15, 0.2) is 12.2 Å². The number of hydrogen-bond donors (Lipinski definition) is 0. The van der Waals surface area contributed by atoms with Crippen LogP contribution in [0.4, 0.5) is 0 Å². The second-order valence-electron chi connectivity index (χ2n) is 6.19. The van der Waals surface area contributed by atoms with Crippen molar-refractivity contribution in [1.29, 1.82) is 0 Å². The first-order valence-corrected chi connectivity index (χ1v) is 6.37. The largest absolute Gasteiger partial charge is 0.545 e. The maximum Gasteiger partial charge on any atom is 0.331 e. The van der Waals surface area contributed by atoms with E-state index >= 15 is 0 Å². The van der Waals surface area contributed by atoms with E-state index in [4.69, 9.17) is 4.74 Å². The number of esters is 1. The van der Waals surface area contributed by atoms with Gasteiger partial charge in [-0.25, -0.2) is 4.79 Å². The van der Waals surface area contributed by atoms with Crippen molar-refractivity contribution in [2.45, 2.75) is 46.1 Å². The van der Waals surface area contributed by atoms with Crippen LogP contribution in [0.25, 0.3) is 0 Å². The number of fused-ring (bicyclic) bond motifs is 2. The van der Waals surface area contributed by atoms with E-state index in [1.54, 1.807) is 0 Å². The van der Waals surface area contributed by atoms with Crippen molar-refractivity contribution in [1.82, 2.24) is 0 Å². The van der Waals surface area contributed by atoms with Gasteiger partial charge in [-0.1, -0.05) is 20.8 Å². The topological polar surface area (TPSA) is 66.4 Å². The molecule has 3 atom stereocenters. The van der Waals surface area contributed by atoms with Crippen molar-refractivity contribution in [3.05, 3.63) is 12.2 Å². The normalized spacial score (nSPS) is 37.1. The molecule has 0 radical (unpaired) electrons. The Balaban J connectivity index is 2.05. The van der Waals surface area contributed by atoms with Crippen molar-refractivity contribution in [2.75, 3.05) is 0 Å². The summed E-state index contributed by atoms with van der Waals surface area (Å²) in [5, 5.41) is 10.2. The lowest BCUT2D eigenvalue weighted by molar-refractivity contribution is -0.297. The molecule has 0 aliphatic heterocycles. The molecule has 2 rings (SSSR count). The van der Waals surface area contributed by atoms with Gasteiger partial charge in [-0.15, -0.1) is 0 Å². The summed E-state index contributed by atoms with van der Waals surface area (Å²) in [5.41, 5.74) is 0.179. The Kier molecular flexibility index (Phi) is 2.99. The smallest absolute Gasteiger partial charge is 0.331 e. The molecule has 0 aromatic rings. The summed E-state index contributed by atoms with van der Waals surface area (Å²) < 4.78 is 5.42. The summed E-state index contributed by atoms with van der Waals surface area (Å²) in [4.78, 5) is 21.8. The van der Waals surface area contributed by atoms with Gasteiger partial charge < -0.3 is 14.6 Å². The highest BCUT2D eigenvalue weighted by Crippen LogP contribution is 2.66. The number of carboxylic acid groups (broad SMARTS) is 1. The SMILES string of the molecule is CC1(C)[C@@H]2CC[C@]1(C)[C@H](OC(=O)C=CC(=O)[O-])C2. The van der Waals surface area contributed by atoms with Gasteiger partial charge in [0.1, 0.15) is 6.10 Å². The molecular weight excluding hydrogens is 232 g/mol. The van der Waals surface area contributed by atoms with Gasteiger partial charge in [-0.3, -0.25) is 0 Å². The number of rotatable bonds is 3. The number of carbonyl (C=O) groups is 2. The lowest BCUT2D eigenvalue weighted by Crippen LogP contribution is -2.38. The van der Waals surface area contributed by atoms with Crippen LogP contribution in [0, 0.1) is 16.7 Å². The van der Waals surface area contributed by atoms with Gasteiger partial charge in [0.2, 0.25) is 0 Å². The van der Waals surface area contributed by atoms with E-state index < -0.39 is 11.9 Å². The second-order valence-corrected chi connectivity index (χ2v) is 6.19. The third kappa shape index (κ3) is 1.84. The Labute approximate surface area is 107 Å². The first-order valence-electron chi connectivity index (χ1n) is 6.37. The van der Waals surface area contributed by atoms with Crippen molar-refractivity contribution in [3.8, 4) is 0 Å². The second kappa shape index (κ2) is 4.11. The molecular formula is C14H19O4-. The molecule has 0 heterocycles. The van der Waals surface area contributed by atoms with Gasteiger partial charge in [-0.05, 0) is 36.7 Å². The minimum absolute atomic E-state index is 0.00262. The molecule has 4 heteroatoms. The molecule has 2 aliphatic rings. The van der Waals surface area contributed by atoms with Crippen LogP contribution in [-0.2, 0) is 14.3 Å². The lowest BCUT2D eigenvalue weighted by Gasteiger charge is -2.38. The van der Waals surface area contributed by atoms with Gasteiger partial charge in [0.15, 0.2) is 0 Å². The van der Waals surface area contributed by atoms with Crippen LogP contribution >= 0.6 is 0 Å². The molecule has 2 saturated carbocycles. The minimum atomic E-state index is -1.38. The zero-order valence-corrected chi connectivity index (χ0v) is 11.1. The number of carboxylic acids is 1. The van der Waals surface area contributed by atoms with E-state index in [1.165, 1.54) is 6.42 Å². The standard InChI is InChI=1S/C14H20O4/c1-13(2)9-6-7-14(13,3)10(8-9)18-12(17)5-4-11(15)16/h4-5,9-10H,6-8H2,1-3H3,(H,15,16)/p-1/t9-,10-,14-/m1/s1. The van der Waals surface area contributed by atoms with Crippen LogP contribution in [0.5, 0.6) is 0 Å². The fourth-order valence-electron chi connectivity index (χ4n) is 3.62. The van der Waals surface area contributed by atoms with Crippen LogP contribution in [0.1, 0.15) is 40.0 Å². The van der Waals surface area contributed by atoms with E-state index in [9.17, 15) is 14.7 Å². The molecule has 2 aliphatic carbocycles. The molecule has 2 fully saturated rings. The highest BCUT2D eigenvalue weighted by molar-refractivity contribution is 5.90. The molecule has 0 spiro atoms. The van der Waals surface area contributed by atoms with Crippen LogP contribution in [-0.4, -0.2) is 18.0 Å². The van der Waals surface area contributed by atoms with E-state index in [-0.39, 0.29) is 16.9 Å². The summed E-state index contributed by atoms with van der Waals surface area (Å²) in [6.07, 6.45) is 4.67. The van der Waals surface area contributed by atoms with Crippen molar-refractivity contribution >= 4 is 11.9 Å². The zero-order chi connectivity index (χ0) is 13.6. The quantitative estimate of drug-likeness (QED) is 0.555. The zero-order valence-electron chi connectivity index (χ0n) is 11.1. The summed E-state index contributed by atoms with van der Waals surface area (Å²) in [6.45, 7) is 6.63. The molecule has 0 aromatic carbocycles. The van der Waals surface area contributed by atoms with Crippen molar-refractivity contribution in [2.24, 2.45) is 16.7 Å². The van der Waals surface area contributed by atoms with Crippen molar-refractivity contribution in [3.63, 3.8) is 0 Å².